The van der Waals surface area contributed by atoms with Gasteiger partial charge >= 0.3 is 0 Å². The second-order valence-corrected chi connectivity index (χ2v) is 4.35. The second-order valence-electron chi connectivity index (χ2n) is 3.18. The maximum atomic E-state index is 13.3. The highest BCUT2D eigenvalue weighted by molar-refractivity contribution is 14.1. The van der Waals surface area contributed by atoms with E-state index in [4.69, 9.17) is 4.74 Å². The van der Waals surface area contributed by atoms with Gasteiger partial charge < -0.3 is 4.74 Å². The van der Waals surface area contributed by atoms with Crippen LogP contribution >= 0.6 is 22.6 Å². The molecule has 0 aliphatic heterocycles. The van der Waals surface area contributed by atoms with E-state index in [1.807, 2.05) is 22.6 Å². The van der Waals surface area contributed by atoms with Crippen LogP contribution in [0.2, 0.25) is 0 Å². The lowest BCUT2D eigenvalue weighted by Gasteiger charge is -2.09. The third-order valence-electron chi connectivity index (χ3n) is 2.01. The first-order valence-corrected chi connectivity index (χ1v) is 5.71. The number of hydrogen-bond acceptors (Lipinski definition) is 2. The van der Waals surface area contributed by atoms with E-state index in [0.29, 0.717) is 3.57 Å². The summed E-state index contributed by atoms with van der Waals surface area (Å²) in [7, 11) is 0. The topological polar surface area (TPSA) is 22.1 Å². The van der Waals surface area contributed by atoms with E-state index in [1.54, 1.807) is 18.2 Å². The molecule has 0 radical (unpaired) electrons. The zero-order valence-corrected chi connectivity index (χ0v) is 10.7. The van der Waals surface area contributed by atoms with Crippen LogP contribution in [0, 0.1) is 27.1 Å². The lowest BCUT2D eigenvalue weighted by molar-refractivity contribution is 0.342. The quantitative estimate of drug-likeness (QED) is 0.453. The summed E-state index contributed by atoms with van der Waals surface area (Å²) in [6.45, 7) is 0. The Hall–Kier alpha value is -1.38. The van der Waals surface area contributed by atoms with Crippen LogP contribution in [0.3, 0.4) is 0 Å². The summed E-state index contributed by atoms with van der Waals surface area (Å²) in [6, 6.07) is 6.26. The van der Waals surface area contributed by atoms with Crippen molar-refractivity contribution in [1.82, 2.24) is 4.98 Å². The Bertz CT molecular complexity index is 580. The van der Waals surface area contributed by atoms with Gasteiger partial charge in [0.25, 0.3) is 11.9 Å². The Labute approximate surface area is 113 Å². The van der Waals surface area contributed by atoms with Crippen molar-refractivity contribution < 1.29 is 22.3 Å². The molecule has 18 heavy (non-hydrogen) atoms. The maximum absolute atomic E-state index is 13.3. The van der Waals surface area contributed by atoms with Gasteiger partial charge in [-0.2, -0.15) is 22.5 Å². The van der Waals surface area contributed by atoms with E-state index in [2.05, 4.69) is 4.98 Å². The van der Waals surface area contributed by atoms with Gasteiger partial charge in [0.05, 0.1) is 3.57 Å². The Morgan fingerprint density at radius 2 is 1.50 bits per heavy atom. The van der Waals surface area contributed by atoms with Gasteiger partial charge in [0.15, 0.2) is 0 Å². The Morgan fingerprint density at radius 3 is 2.06 bits per heavy atom. The number of nitrogens with zero attached hydrogens (tertiary/aromatic N) is 1. The molecule has 1 aromatic carbocycles. The molecule has 0 saturated heterocycles. The highest BCUT2D eigenvalue weighted by Gasteiger charge is 2.23. The number of aromatic nitrogens is 1. The summed E-state index contributed by atoms with van der Waals surface area (Å²) in [5.74, 6) is -7.92. The molecule has 0 spiro atoms. The smallest absolute Gasteiger partial charge is 0.255 e. The van der Waals surface area contributed by atoms with Crippen molar-refractivity contribution in [3.8, 4) is 11.5 Å². The predicted octanol–water partition coefficient (Wildman–Crippen LogP) is 4.03. The highest BCUT2D eigenvalue weighted by Crippen LogP contribution is 2.31. The summed E-state index contributed by atoms with van der Waals surface area (Å²) in [6.07, 6.45) is 0. The highest BCUT2D eigenvalue weighted by atomic mass is 127. The number of hydrogen-bond donors (Lipinski definition) is 0. The van der Waals surface area contributed by atoms with E-state index in [-0.39, 0.29) is 5.75 Å². The van der Waals surface area contributed by atoms with Gasteiger partial charge in [-0.05, 0) is 34.7 Å². The lowest BCUT2D eigenvalue weighted by atomic mass is 10.3. The fraction of sp³-hybridized carbons (Fsp3) is 0. The van der Waals surface area contributed by atoms with Crippen LogP contribution < -0.4 is 4.74 Å². The summed E-state index contributed by atoms with van der Waals surface area (Å²) in [4.78, 5) is 2.43. The number of benzene rings is 1. The largest absolute Gasteiger partial charge is 0.450 e. The summed E-state index contributed by atoms with van der Waals surface area (Å²) in [5, 5.41) is 0. The van der Waals surface area contributed by atoms with Crippen LogP contribution in [0.5, 0.6) is 11.5 Å². The summed E-state index contributed by atoms with van der Waals surface area (Å²) in [5.41, 5.74) is 0. The van der Waals surface area contributed by atoms with Gasteiger partial charge in [-0.25, -0.2) is 0 Å². The van der Waals surface area contributed by atoms with Gasteiger partial charge in [-0.1, -0.05) is 12.1 Å². The SMILES string of the molecule is Fc1nc(F)c(F)c(Oc2ccccc2I)c1F. The van der Waals surface area contributed by atoms with Gasteiger partial charge in [-0.15, -0.1) is 0 Å². The minimum absolute atomic E-state index is 0.0842. The second kappa shape index (κ2) is 5.09. The molecule has 2 nitrogen and oxygen atoms in total. The number of halogens is 5. The fourth-order valence-corrected chi connectivity index (χ4v) is 1.69. The molecule has 2 aromatic rings. The Morgan fingerprint density at radius 1 is 0.944 bits per heavy atom. The molecule has 0 N–H and O–H groups in total. The van der Waals surface area contributed by atoms with Gasteiger partial charge in [-0.3, -0.25) is 0 Å². The van der Waals surface area contributed by atoms with E-state index in [9.17, 15) is 17.6 Å². The van der Waals surface area contributed by atoms with Crippen LogP contribution in [0.25, 0.3) is 0 Å². The molecule has 0 unspecified atom stereocenters. The van der Waals surface area contributed by atoms with E-state index >= 15 is 0 Å². The van der Waals surface area contributed by atoms with Crippen molar-refractivity contribution in [3.05, 3.63) is 51.4 Å². The zero-order chi connectivity index (χ0) is 13.3. The maximum Gasteiger partial charge on any atom is 0.255 e. The van der Waals surface area contributed by atoms with Crippen molar-refractivity contribution in [1.29, 1.82) is 0 Å². The number of rotatable bonds is 2. The molecular weight excluding hydrogens is 365 g/mol. The molecule has 0 saturated carbocycles. The van der Waals surface area contributed by atoms with Crippen molar-refractivity contribution in [3.63, 3.8) is 0 Å². The summed E-state index contributed by atoms with van der Waals surface area (Å²) >= 11 is 1.85. The van der Waals surface area contributed by atoms with Crippen LogP contribution in [0.4, 0.5) is 17.6 Å². The third kappa shape index (κ3) is 2.40. The van der Waals surface area contributed by atoms with Gasteiger partial charge in [0, 0.05) is 0 Å². The van der Waals surface area contributed by atoms with Crippen LogP contribution in [-0.2, 0) is 0 Å². The molecule has 7 heteroatoms. The van der Waals surface area contributed by atoms with Crippen LogP contribution in [0.15, 0.2) is 24.3 Å². The van der Waals surface area contributed by atoms with Gasteiger partial charge in [0.2, 0.25) is 17.4 Å². The minimum Gasteiger partial charge on any atom is -0.450 e. The van der Waals surface area contributed by atoms with E-state index in [0.717, 1.165) is 0 Å². The van der Waals surface area contributed by atoms with E-state index < -0.39 is 29.3 Å². The van der Waals surface area contributed by atoms with Crippen molar-refractivity contribution in [2.45, 2.75) is 0 Å². The Balaban J connectivity index is 2.50. The molecule has 1 heterocycles. The van der Waals surface area contributed by atoms with Crippen molar-refractivity contribution in [2.24, 2.45) is 0 Å². The summed E-state index contributed by atoms with van der Waals surface area (Å²) < 4.78 is 57.7. The molecule has 0 fully saturated rings. The van der Waals surface area contributed by atoms with Gasteiger partial charge in [0.1, 0.15) is 5.75 Å². The normalized spacial score (nSPS) is 10.5. The average Bonchev–Trinajstić information content (AvgIpc) is 2.34. The first-order chi connectivity index (χ1) is 8.50. The molecule has 94 valence electrons. The minimum atomic E-state index is -1.75. The zero-order valence-electron chi connectivity index (χ0n) is 8.55. The molecule has 1 aromatic heterocycles. The molecular formula is C11H4F4INO. The average molecular weight is 369 g/mol. The Kier molecular flexibility index (Phi) is 3.69. The fourth-order valence-electron chi connectivity index (χ4n) is 1.20. The first-order valence-electron chi connectivity index (χ1n) is 4.63. The monoisotopic (exact) mass is 369 g/mol. The molecule has 0 aliphatic rings. The predicted molar refractivity (Wildman–Crippen MR) is 63.3 cm³/mol. The number of ether oxygens (including phenoxy) is 1. The standard InChI is InChI=1S/C11H4F4INO/c12-7-9(8(13)11(15)17-10(7)14)18-6-4-2-1-3-5(6)16/h1-4H. The van der Waals surface area contributed by atoms with Crippen molar-refractivity contribution in [2.75, 3.05) is 0 Å². The molecule has 0 bridgehead atoms. The van der Waals surface area contributed by atoms with Crippen LogP contribution in [0.1, 0.15) is 0 Å². The first kappa shape index (κ1) is 13.1. The third-order valence-corrected chi connectivity index (χ3v) is 2.90. The number of para-hydroxylation sites is 1. The van der Waals surface area contributed by atoms with E-state index in [1.165, 1.54) is 6.07 Å². The molecule has 0 atom stereocenters. The molecule has 0 amide bonds. The van der Waals surface area contributed by atoms with Crippen molar-refractivity contribution >= 4 is 22.6 Å². The number of pyridine rings is 1. The molecule has 0 aliphatic carbocycles. The van der Waals surface area contributed by atoms with Crippen LogP contribution in [-0.4, -0.2) is 4.98 Å². The lowest BCUT2D eigenvalue weighted by Crippen LogP contribution is -2.03. The molecule has 2 rings (SSSR count).